The van der Waals surface area contributed by atoms with Crippen LogP contribution in [-0.4, -0.2) is 22.4 Å². The highest BCUT2D eigenvalue weighted by Crippen LogP contribution is 2.77. The molecule has 2 heteroatoms. The zero-order chi connectivity index (χ0) is 23.5. The maximum absolute atomic E-state index is 10.9. The van der Waals surface area contributed by atoms with Crippen LogP contribution in [0.3, 0.4) is 0 Å². The Morgan fingerprint density at radius 2 is 1.41 bits per heavy atom. The molecule has 0 bridgehead atoms. The van der Waals surface area contributed by atoms with Gasteiger partial charge in [0.25, 0.3) is 0 Å². The summed E-state index contributed by atoms with van der Waals surface area (Å²) in [5.41, 5.74) is 2.66. The van der Waals surface area contributed by atoms with Crippen molar-refractivity contribution in [3.63, 3.8) is 0 Å². The SMILES string of the molecule is CC(C)C1CCC2C1(C)CCC1(C)C3CC=C4C(CC(O)C(O)C4(C)C)C3(C)CCC21C. The Morgan fingerprint density at radius 3 is 2.03 bits per heavy atom. The van der Waals surface area contributed by atoms with Gasteiger partial charge in [-0.1, -0.05) is 67.0 Å². The number of aliphatic hydroxyl groups excluding tert-OH is 2. The van der Waals surface area contributed by atoms with Crippen LogP contribution in [0.1, 0.15) is 107 Å². The van der Waals surface area contributed by atoms with E-state index in [9.17, 15) is 10.2 Å². The van der Waals surface area contributed by atoms with Gasteiger partial charge in [0, 0.05) is 5.41 Å². The van der Waals surface area contributed by atoms with Crippen molar-refractivity contribution in [1.29, 1.82) is 0 Å². The molecule has 5 aliphatic carbocycles. The molecule has 0 spiro atoms. The van der Waals surface area contributed by atoms with Crippen LogP contribution in [0.25, 0.3) is 0 Å². The summed E-state index contributed by atoms with van der Waals surface area (Å²) < 4.78 is 0. The first-order valence-corrected chi connectivity index (χ1v) is 13.8. The van der Waals surface area contributed by atoms with E-state index < -0.39 is 12.2 Å². The average Bonchev–Trinajstić information content (AvgIpc) is 3.07. The predicted octanol–water partition coefficient (Wildman–Crippen LogP) is 7.00. The third kappa shape index (κ3) is 2.61. The number of allylic oxidation sites excluding steroid dienone is 1. The van der Waals surface area contributed by atoms with Gasteiger partial charge < -0.3 is 10.2 Å². The van der Waals surface area contributed by atoms with E-state index in [1.165, 1.54) is 44.1 Å². The van der Waals surface area contributed by atoms with Crippen LogP contribution >= 0.6 is 0 Å². The Bertz CT molecular complexity index is 812. The second kappa shape index (κ2) is 6.87. The lowest BCUT2D eigenvalue weighted by Gasteiger charge is -2.71. The molecular weight excluding hydrogens is 392 g/mol. The topological polar surface area (TPSA) is 40.5 Å². The standard InChI is InChI=1S/C30H50O2/c1-18(2)19-9-11-23-27(19,5)13-15-30(8)24-12-10-20-21(17-22(31)25(32)26(20,3)4)28(24,6)14-16-29(23,30)7/h10,18-19,21-25,31-32H,9,11-17H2,1-8H3. The molecule has 0 aliphatic heterocycles. The summed E-state index contributed by atoms with van der Waals surface area (Å²) in [4.78, 5) is 0. The highest BCUT2D eigenvalue weighted by Gasteiger charge is 2.70. The third-order valence-electron chi connectivity index (χ3n) is 13.3. The van der Waals surface area contributed by atoms with Gasteiger partial charge in [0.15, 0.2) is 0 Å². The molecule has 32 heavy (non-hydrogen) atoms. The smallest absolute Gasteiger partial charge is 0.0887 e. The van der Waals surface area contributed by atoms with E-state index in [1.807, 2.05) is 0 Å². The summed E-state index contributed by atoms with van der Waals surface area (Å²) in [6, 6.07) is 0. The predicted molar refractivity (Wildman–Crippen MR) is 132 cm³/mol. The monoisotopic (exact) mass is 442 g/mol. The molecule has 10 unspecified atom stereocenters. The lowest BCUT2D eigenvalue weighted by Crippen LogP contribution is -2.65. The van der Waals surface area contributed by atoms with E-state index in [0.29, 0.717) is 28.1 Å². The summed E-state index contributed by atoms with van der Waals surface area (Å²) in [5.74, 6) is 3.63. The summed E-state index contributed by atoms with van der Waals surface area (Å²) in [6.45, 7) is 19.8. The minimum absolute atomic E-state index is 0.237. The van der Waals surface area contributed by atoms with Crippen molar-refractivity contribution in [3.8, 4) is 0 Å². The zero-order valence-electron chi connectivity index (χ0n) is 22.2. The normalized spacial score (nSPS) is 56.7. The van der Waals surface area contributed by atoms with Crippen molar-refractivity contribution in [2.75, 3.05) is 0 Å². The maximum Gasteiger partial charge on any atom is 0.0887 e. The molecule has 5 aliphatic rings. The zero-order valence-corrected chi connectivity index (χ0v) is 22.2. The molecule has 0 aromatic carbocycles. The second-order valence-corrected chi connectivity index (χ2v) is 14.8. The molecule has 4 fully saturated rings. The number of aliphatic hydroxyl groups is 2. The van der Waals surface area contributed by atoms with E-state index in [-0.39, 0.29) is 10.8 Å². The van der Waals surface area contributed by atoms with Gasteiger partial charge >= 0.3 is 0 Å². The maximum atomic E-state index is 10.9. The van der Waals surface area contributed by atoms with Crippen LogP contribution in [0.5, 0.6) is 0 Å². The number of rotatable bonds is 1. The summed E-state index contributed by atoms with van der Waals surface area (Å²) >= 11 is 0. The molecule has 0 heterocycles. The summed E-state index contributed by atoms with van der Waals surface area (Å²) in [6.07, 6.45) is 11.4. The van der Waals surface area contributed by atoms with Crippen LogP contribution in [0, 0.1) is 56.7 Å². The number of fused-ring (bicyclic) bond motifs is 7. The molecule has 0 amide bonds. The van der Waals surface area contributed by atoms with E-state index in [2.05, 4.69) is 61.5 Å². The number of hydrogen-bond donors (Lipinski definition) is 2. The Balaban J connectivity index is 1.55. The van der Waals surface area contributed by atoms with Crippen molar-refractivity contribution in [3.05, 3.63) is 11.6 Å². The van der Waals surface area contributed by atoms with E-state index in [0.717, 1.165) is 30.6 Å². The van der Waals surface area contributed by atoms with Gasteiger partial charge in [-0.3, -0.25) is 0 Å². The third-order valence-corrected chi connectivity index (χ3v) is 13.3. The quantitative estimate of drug-likeness (QED) is 0.429. The van der Waals surface area contributed by atoms with E-state index in [4.69, 9.17) is 0 Å². The second-order valence-electron chi connectivity index (χ2n) is 14.8. The van der Waals surface area contributed by atoms with Crippen LogP contribution in [0.4, 0.5) is 0 Å². The number of hydrogen-bond acceptors (Lipinski definition) is 2. The van der Waals surface area contributed by atoms with Crippen molar-refractivity contribution >= 4 is 0 Å². The van der Waals surface area contributed by atoms with Crippen LogP contribution in [0.15, 0.2) is 11.6 Å². The first-order valence-electron chi connectivity index (χ1n) is 13.8. The Kier molecular flexibility index (Phi) is 5.02. The molecule has 10 atom stereocenters. The Morgan fingerprint density at radius 1 is 0.812 bits per heavy atom. The van der Waals surface area contributed by atoms with Gasteiger partial charge in [-0.05, 0) is 103 Å². The fourth-order valence-electron chi connectivity index (χ4n) is 11.3. The average molecular weight is 443 g/mol. The van der Waals surface area contributed by atoms with Crippen molar-refractivity contribution < 1.29 is 10.2 Å². The molecule has 2 N–H and O–H groups in total. The van der Waals surface area contributed by atoms with Crippen molar-refractivity contribution in [2.24, 2.45) is 56.7 Å². The molecule has 0 aromatic heterocycles. The molecule has 0 aromatic rings. The molecule has 4 saturated carbocycles. The van der Waals surface area contributed by atoms with Gasteiger partial charge in [0.2, 0.25) is 0 Å². The fourth-order valence-corrected chi connectivity index (χ4v) is 11.3. The minimum atomic E-state index is -0.642. The highest BCUT2D eigenvalue weighted by molar-refractivity contribution is 5.31. The van der Waals surface area contributed by atoms with Crippen molar-refractivity contribution in [2.45, 2.75) is 119 Å². The first kappa shape index (κ1) is 23.4. The van der Waals surface area contributed by atoms with Crippen molar-refractivity contribution in [1.82, 2.24) is 0 Å². The van der Waals surface area contributed by atoms with Gasteiger partial charge in [-0.25, -0.2) is 0 Å². The van der Waals surface area contributed by atoms with E-state index >= 15 is 0 Å². The van der Waals surface area contributed by atoms with Gasteiger partial charge in [0.05, 0.1) is 12.2 Å². The van der Waals surface area contributed by atoms with Gasteiger partial charge in [-0.15, -0.1) is 0 Å². The van der Waals surface area contributed by atoms with Gasteiger partial charge in [0.1, 0.15) is 0 Å². The first-order chi connectivity index (χ1) is 14.7. The minimum Gasteiger partial charge on any atom is -0.390 e. The highest BCUT2D eigenvalue weighted by atomic mass is 16.3. The lowest BCUT2D eigenvalue weighted by molar-refractivity contribution is -0.218. The summed E-state index contributed by atoms with van der Waals surface area (Å²) in [7, 11) is 0. The Labute approximate surface area is 197 Å². The largest absolute Gasteiger partial charge is 0.390 e. The molecular formula is C30H50O2. The molecule has 182 valence electrons. The van der Waals surface area contributed by atoms with Crippen LogP contribution < -0.4 is 0 Å². The van der Waals surface area contributed by atoms with Crippen LogP contribution in [-0.2, 0) is 0 Å². The molecule has 0 saturated heterocycles. The lowest BCUT2D eigenvalue weighted by atomic mass is 9.33. The molecule has 2 nitrogen and oxygen atoms in total. The molecule has 0 radical (unpaired) electrons. The molecule has 5 rings (SSSR count). The fraction of sp³-hybridized carbons (Fsp3) is 0.933. The summed E-state index contributed by atoms with van der Waals surface area (Å²) in [5, 5.41) is 21.7. The van der Waals surface area contributed by atoms with E-state index in [1.54, 1.807) is 0 Å². The van der Waals surface area contributed by atoms with Crippen LogP contribution in [0.2, 0.25) is 0 Å². The Hall–Kier alpha value is -0.340. The van der Waals surface area contributed by atoms with Gasteiger partial charge in [-0.2, -0.15) is 0 Å².